The fraction of sp³-hybridized carbons (Fsp3) is 0.154. The number of rotatable bonds is 4. The lowest BCUT2D eigenvalue weighted by Crippen LogP contribution is -2.22. The third kappa shape index (κ3) is 3.14. The van der Waals surface area contributed by atoms with Crippen LogP contribution in [0.4, 0.5) is 11.5 Å². The Balaban J connectivity index is 2.12. The number of aromatic nitrogens is 2. The molecule has 0 saturated carbocycles. The van der Waals surface area contributed by atoms with E-state index >= 15 is 0 Å². The highest BCUT2D eigenvalue weighted by molar-refractivity contribution is 6.04. The summed E-state index contributed by atoms with van der Waals surface area (Å²) >= 11 is 0. The van der Waals surface area contributed by atoms with E-state index in [-0.39, 0.29) is 23.3 Å². The normalized spacial score (nSPS) is 10.1. The van der Waals surface area contributed by atoms with E-state index in [9.17, 15) is 9.59 Å². The molecule has 7 nitrogen and oxygen atoms in total. The maximum absolute atomic E-state index is 11.9. The van der Waals surface area contributed by atoms with Crippen molar-refractivity contribution in [3.63, 3.8) is 0 Å². The number of nitrogens with one attached hydrogen (secondary N) is 3. The molecule has 0 aliphatic carbocycles. The van der Waals surface area contributed by atoms with Crippen molar-refractivity contribution in [3.8, 4) is 0 Å². The number of hydrogen-bond acceptors (Lipinski definition) is 4. The van der Waals surface area contributed by atoms with Gasteiger partial charge in [-0.3, -0.25) is 14.7 Å². The summed E-state index contributed by atoms with van der Waals surface area (Å²) in [7, 11) is 0. The second-order valence-corrected chi connectivity index (χ2v) is 4.10. The molecular formula is C13H15N5O2. The van der Waals surface area contributed by atoms with Crippen LogP contribution in [0.5, 0.6) is 0 Å². The van der Waals surface area contributed by atoms with E-state index in [0.717, 1.165) is 0 Å². The molecule has 0 spiro atoms. The number of H-pyrrole nitrogens is 1. The van der Waals surface area contributed by atoms with Gasteiger partial charge in [-0.15, -0.1) is 0 Å². The van der Waals surface area contributed by atoms with Crippen molar-refractivity contribution in [1.29, 1.82) is 0 Å². The third-order valence-electron chi connectivity index (χ3n) is 2.56. The van der Waals surface area contributed by atoms with E-state index in [4.69, 9.17) is 5.73 Å². The van der Waals surface area contributed by atoms with Crippen molar-refractivity contribution in [3.05, 3.63) is 41.6 Å². The van der Waals surface area contributed by atoms with Gasteiger partial charge in [0.15, 0.2) is 0 Å². The summed E-state index contributed by atoms with van der Waals surface area (Å²) in [5.74, 6) is -0.317. The van der Waals surface area contributed by atoms with E-state index in [1.807, 2.05) is 6.92 Å². The monoisotopic (exact) mass is 273 g/mol. The van der Waals surface area contributed by atoms with Crippen LogP contribution in [0.25, 0.3) is 0 Å². The first-order chi connectivity index (χ1) is 9.60. The molecule has 0 atom stereocenters. The van der Waals surface area contributed by atoms with E-state index in [1.54, 1.807) is 24.3 Å². The molecule has 0 saturated heterocycles. The number of benzene rings is 1. The molecule has 0 bridgehead atoms. The highest BCUT2D eigenvalue weighted by atomic mass is 16.2. The Morgan fingerprint density at radius 1 is 1.30 bits per heavy atom. The van der Waals surface area contributed by atoms with Crippen molar-refractivity contribution in [2.45, 2.75) is 6.92 Å². The van der Waals surface area contributed by atoms with Crippen LogP contribution in [-0.4, -0.2) is 28.6 Å². The van der Waals surface area contributed by atoms with Crippen molar-refractivity contribution >= 4 is 23.3 Å². The number of carbonyl (C=O) groups is 2. The quantitative estimate of drug-likeness (QED) is 0.665. The Labute approximate surface area is 115 Å². The average Bonchev–Trinajstić information content (AvgIpc) is 2.86. The van der Waals surface area contributed by atoms with Crippen LogP contribution in [0.3, 0.4) is 0 Å². The van der Waals surface area contributed by atoms with Crippen LogP contribution >= 0.6 is 0 Å². The first-order valence-corrected chi connectivity index (χ1v) is 6.10. The first-order valence-electron chi connectivity index (χ1n) is 6.10. The molecule has 2 aromatic rings. The van der Waals surface area contributed by atoms with Gasteiger partial charge in [-0.25, -0.2) is 0 Å². The highest BCUT2D eigenvalue weighted by Gasteiger charge is 2.10. The second-order valence-electron chi connectivity index (χ2n) is 4.10. The molecule has 1 heterocycles. The molecule has 0 fully saturated rings. The smallest absolute Gasteiger partial charge is 0.273 e. The topological polar surface area (TPSA) is 113 Å². The summed E-state index contributed by atoms with van der Waals surface area (Å²) in [4.78, 5) is 23.6. The van der Waals surface area contributed by atoms with Crippen molar-refractivity contribution in [2.24, 2.45) is 0 Å². The maximum Gasteiger partial charge on any atom is 0.273 e. The Morgan fingerprint density at radius 3 is 2.75 bits per heavy atom. The number of anilines is 2. The minimum Gasteiger partial charge on any atom is -0.382 e. The molecule has 0 unspecified atom stereocenters. The predicted molar refractivity (Wildman–Crippen MR) is 75.4 cm³/mol. The number of nitrogens with two attached hydrogens (primary N) is 1. The Bertz CT molecular complexity index is 635. The molecule has 0 radical (unpaired) electrons. The standard InChI is InChI=1S/C13H15N5O2/c1-2-15-12(19)8-4-3-5-9(6-8)16-13(20)10-7-11(14)18-17-10/h3-7H,2H2,1H3,(H,15,19)(H,16,20)(H3,14,17,18). The molecule has 20 heavy (non-hydrogen) atoms. The minimum atomic E-state index is -0.373. The third-order valence-corrected chi connectivity index (χ3v) is 2.56. The zero-order valence-corrected chi connectivity index (χ0v) is 10.9. The summed E-state index contributed by atoms with van der Waals surface area (Å²) in [5, 5.41) is 11.6. The van der Waals surface area contributed by atoms with Gasteiger partial charge in [0.1, 0.15) is 11.5 Å². The summed E-state index contributed by atoms with van der Waals surface area (Å²) in [6, 6.07) is 8.10. The van der Waals surface area contributed by atoms with Gasteiger partial charge in [0.05, 0.1) is 0 Å². The number of hydrogen-bond donors (Lipinski definition) is 4. The molecule has 1 aromatic carbocycles. The lowest BCUT2D eigenvalue weighted by atomic mass is 10.2. The van der Waals surface area contributed by atoms with Crippen LogP contribution < -0.4 is 16.4 Å². The summed E-state index contributed by atoms with van der Waals surface area (Å²) in [5.41, 5.74) is 6.69. The minimum absolute atomic E-state index is 0.186. The predicted octanol–water partition coefficient (Wildman–Crippen LogP) is 0.994. The highest BCUT2D eigenvalue weighted by Crippen LogP contribution is 2.12. The van der Waals surface area contributed by atoms with Gasteiger partial charge in [0.25, 0.3) is 11.8 Å². The molecule has 2 rings (SSSR count). The van der Waals surface area contributed by atoms with Crippen LogP contribution in [0.15, 0.2) is 30.3 Å². The van der Waals surface area contributed by atoms with Crippen molar-refractivity contribution in [1.82, 2.24) is 15.5 Å². The number of aromatic amines is 1. The zero-order chi connectivity index (χ0) is 14.5. The van der Waals surface area contributed by atoms with Crippen molar-refractivity contribution < 1.29 is 9.59 Å². The van der Waals surface area contributed by atoms with Crippen LogP contribution in [0.2, 0.25) is 0 Å². The van der Waals surface area contributed by atoms with Gasteiger partial charge >= 0.3 is 0 Å². The van der Waals surface area contributed by atoms with Gasteiger partial charge in [0, 0.05) is 23.9 Å². The molecule has 2 amide bonds. The maximum atomic E-state index is 11.9. The summed E-state index contributed by atoms with van der Waals surface area (Å²) < 4.78 is 0. The van der Waals surface area contributed by atoms with Gasteiger partial charge < -0.3 is 16.4 Å². The fourth-order valence-corrected chi connectivity index (χ4v) is 1.65. The lowest BCUT2D eigenvalue weighted by molar-refractivity contribution is 0.0954. The molecule has 7 heteroatoms. The van der Waals surface area contributed by atoms with E-state index in [1.165, 1.54) is 6.07 Å². The number of amides is 2. The van der Waals surface area contributed by atoms with Crippen LogP contribution in [0, 0.1) is 0 Å². The van der Waals surface area contributed by atoms with Crippen LogP contribution in [-0.2, 0) is 0 Å². The molecule has 0 aliphatic rings. The van der Waals surface area contributed by atoms with Gasteiger partial charge in [-0.2, -0.15) is 5.10 Å². The van der Waals surface area contributed by atoms with E-state index in [0.29, 0.717) is 17.8 Å². The first kappa shape index (κ1) is 13.6. The number of carbonyl (C=O) groups excluding carboxylic acids is 2. The summed E-state index contributed by atoms with van der Waals surface area (Å²) in [6.07, 6.45) is 0. The molecule has 1 aromatic heterocycles. The lowest BCUT2D eigenvalue weighted by Gasteiger charge is -2.06. The van der Waals surface area contributed by atoms with Crippen LogP contribution in [0.1, 0.15) is 27.8 Å². The molecule has 104 valence electrons. The number of nitrogen functional groups attached to an aromatic ring is 1. The van der Waals surface area contributed by atoms with Gasteiger partial charge in [0.2, 0.25) is 0 Å². The SMILES string of the molecule is CCNC(=O)c1cccc(NC(=O)c2cc(N)n[nH]2)c1. The van der Waals surface area contributed by atoms with Crippen molar-refractivity contribution in [2.75, 3.05) is 17.6 Å². The number of nitrogens with zero attached hydrogens (tertiary/aromatic N) is 1. The van der Waals surface area contributed by atoms with Gasteiger partial charge in [-0.1, -0.05) is 6.07 Å². The average molecular weight is 273 g/mol. The molecule has 0 aliphatic heterocycles. The zero-order valence-electron chi connectivity index (χ0n) is 10.9. The molecular weight excluding hydrogens is 258 g/mol. The Kier molecular flexibility index (Phi) is 3.99. The second kappa shape index (κ2) is 5.87. The van der Waals surface area contributed by atoms with Gasteiger partial charge in [-0.05, 0) is 25.1 Å². The Hall–Kier alpha value is -2.83. The van der Waals surface area contributed by atoms with E-state index < -0.39 is 0 Å². The fourth-order valence-electron chi connectivity index (χ4n) is 1.65. The molecule has 5 N–H and O–H groups in total. The Morgan fingerprint density at radius 2 is 2.10 bits per heavy atom. The van der Waals surface area contributed by atoms with E-state index in [2.05, 4.69) is 20.8 Å². The largest absolute Gasteiger partial charge is 0.382 e. The summed E-state index contributed by atoms with van der Waals surface area (Å²) in [6.45, 7) is 2.38.